The van der Waals surface area contributed by atoms with Gasteiger partial charge in [0.15, 0.2) is 0 Å². The number of benzene rings is 2. The normalized spacial score (nSPS) is 15.0. The van der Waals surface area contributed by atoms with Crippen molar-refractivity contribution in [2.45, 2.75) is 18.9 Å². The lowest BCUT2D eigenvalue weighted by molar-refractivity contribution is 0.0694. The van der Waals surface area contributed by atoms with Crippen LogP contribution in [0, 0.1) is 11.6 Å². The molecule has 4 nitrogen and oxygen atoms in total. The number of nitrogens with one attached hydrogen (secondary N) is 1. The maximum atomic E-state index is 13.8. The third-order valence-corrected chi connectivity index (χ3v) is 6.05. The number of piperidine rings is 1. The van der Waals surface area contributed by atoms with Gasteiger partial charge in [0.05, 0.1) is 10.4 Å². The van der Waals surface area contributed by atoms with E-state index >= 15 is 0 Å². The van der Waals surface area contributed by atoms with Crippen molar-refractivity contribution < 1.29 is 18.4 Å². The number of hydrogen-bond donors (Lipinski definition) is 1. The summed E-state index contributed by atoms with van der Waals surface area (Å²) in [5.41, 5.74) is 0.0669. The number of rotatable bonds is 3. The second-order valence-electron chi connectivity index (χ2n) is 6.78. The number of halogens is 2. The first-order valence-corrected chi connectivity index (χ1v) is 9.87. The minimum absolute atomic E-state index is 0.0669. The molecule has 0 aliphatic carbocycles. The predicted molar refractivity (Wildman–Crippen MR) is 105 cm³/mol. The maximum absolute atomic E-state index is 13.8. The number of amides is 2. The SMILES string of the molecule is O=C(NC1CCN(C(=O)c2ccccc2F)CC1)c1cc2c(F)cccc2s1. The zero-order valence-electron chi connectivity index (χ0n) is 15.0. The van der Waals surface area contributed by atoms with Crippen molar-refractivity contribution in [3.8, 4) is 0 Å². The molecule has 1 N–H and O–H groups in total. The molecular formula is C21H18F2N2O2S. The second-order valence-corrected chi connectivity index (χ2v) is 7.87. The van der Waals surface area contributed by atoms with Gasteiger partial charge in [-0.2, -0.15) is 0 Å². The van der Waals surface area contributed by atoms with Gasteiger partial charge in [0, 0.05) is 29.2 Å². The highest BCUT2D eigenvalue weighted by atomic mass is 32.1. The van der Waals surface area contributed by atoms with Crippen molar-refractivity contribution in [1.29, 1.82) is 0 Å². The van der Waals surface area contributed by atoms with Gasteiger partial charge in [-0.05, 0) is 43.2 Å². The largest absolute Gasteiger partial charge is 0.348 e. The fourth-order valence-corrected chi connectivity index (χ4v) is 4.40. The molecule has 144 valence electrons. The summed E-state index contributed by atoms with van der Waals surface area (Å²) in [6, 6.07) is 12.2. The first-order valence-electron chi connectivity index (χ1n) is 9.05. The molecule has 0 radical (unpaired) electrons. The minimum atomic E-state index is -0.528. The van der Waals surface area contributed by atoms with Crippen molar-refractivity contribution in [2.24, 2.45) is 0 Å². The Kier molecular flexibility index (Phi) is 5.09. The van der Waals surface area contributed by atoms with Gasteiger partial charge in [-0.3, -0.25) is 9.59 Å². The Hall–Kier alpha value is -2.80. The molecule has 0 saturated carbocycles. The van der Waals surface area contributed by atoms with Crippen LogP contribution in [0.15, 0.2) is 48.5 Å². The molecule has 3 aromatic rings. The van der Waals surface area contributed by atoms with E-state index in [0.29, 0.717) is 36.2 Å². The molecule has 2 amide bonds. The molecule has 28 heavy (non-hydrogen) atoms. The van der Waals surface area contributed by atoms with Gasteiger partial charge in [-0.25, -0.2) is 8.78 Å². The molecule has 7 heteroatoms. The van der Waals surface area contributed by atoms with Gasteiger partial charge < -0.3 is 10.2 Å². The fraction of sp³-hybridized carbons (Fsp3) is 0.238. The van der Waals surface area contributed by atoms with E-state index in [9.17, 15) is 18.4 Å². The fourth-order valence-electron chi connectivity index (χ4n) is 3.43. The molecule has 1 saturated heterocycles. The molecule has 2 heterocycles. The van der Waals surface area contributed by atoms with Crippen LogP contribution in [0.1, 0.15) is 32.9 Å². The molecular weight excluding hydrogens is 382 g/mol. The maximum Gasteiger partial charge on any atom is 0.261 e. The summed E-state index contributed by atoms with van der Waals surface area (Å²) in [5, 5.41) is 3.41. The van der Waals surface area contributed by atoms with Crippen molar-refractivity contribution >= 4 is 33.2 Å². The number of carbonyl (C=O) groups excluding carboxylic acids is 2. The van der Waals surface area contributed by atoms with Gasteiger partial charge in [0.25, 0.3) is 11.8 Å². The van der Waals surface area contributed by atoms with E-state index < -0.39 is 5.82 Å². The third kappa shape index (κ3) is 3.62. The van der Waals surface area contributed by atoms with Crippen LogP contribution in [-0.2, 0) is 0 Å². The average molecular weight is 400 g/mol. The van der Waals surface area contributed by atoms with E-state index in [2.05, 4.69) is 5.32 Å². The summed E-state index contributed by atoms with van der Waals surface area (Å²) in [6.07, 6.45) is 1.18. The number of nitrogens with zero attached hydrogens (tertiary/aromatic N) is 1. The lowest BCUT2D eigenvalue weighted by atomic mass is 10.0. The van der Waals surface area contributed by atoms with E-state index in [4.69, 9.17) is 0 Å². The van der Waals surface area contributed by atoms with Crippen LogP contribution >= 0.6 is 11.3 Å². The highest BCUT2D eigenvalue weighted by Gasteiger charge is 2.26. The van der Waals surface area contributed by atoms with Crippen molar-refractivity contribution in [3.63, 3.8) is 0 Å². The average Bonchev–Trinajstić information content (AvgIpc) is 3.14. The quantitative estimate of drug-likeness (QED) is 0.716. The number of likely N-dealkylation sites (tertiary alicyclic amines) is 1. The molecule has 0 spiro atoms. The standard InChI is InChI=1S/C21H18F2N2O2S/c22-16-5-2-1-4-14(16)21(27)25-10-8-13(9-11-25)24-20(26)19-12-15-17(23)6-3-7-18(15)28-19/h1-7,12-13H,8-11H2,(H,24,26). The van der Waals surface area contributed by atoms with Crippen LogP contribution in [0.25, 0.3) is 10.1 Å². The Bertz CT molecular complexity index is 1040. The van der Waals surface area contributed by atoms with Gasteiger partial charge in [-0.15, -0.1) is 11.3 Å². The van der Waals surface area contributed by atoms with E-state index in [1.807, 2.05) is 0 Å². The smallest absolute Gasteiger partial charge is 0.261 e. The number of hydrogen-bond acceptors (Lipinski definition) is 3. The molecule has 4 rings (SSSR count). The van der Waals surface area contributed by atoms with E-state index in [-0.39, 0.29) is 29.2 Å². The minimum Gasteiger partial charge on any atom is -0.348 e. The summed E-state index contributed by atoms with van der Waals surface area (Å²) < 4.78 is 28.4. The number of carbonyl (C=O) groups is 2. The van der Waals surface area contributed by atoms with Gasteiger partial charge >= 0.3 is 0 Å². The number of fused-ring (bicyclic) bond motifs is 1. The summed E-state index contributed by atoms with van der Waals surface area (Å²) in [6.45, 7) is 0.887. The highest BCUT2D eigenvalue weighted by Crippen LogP contribution is 2.28. The summed E-state index contributed by atoms with van der Waals surface area (Å²) in [4.78, 5) is 27.1. The van der Waals surface area contributed by atoms with Gasteiger partial charge in [-0.1, -0.05) is 18.2 Å². The van der Waals surface area contributed by atoms with E-state index in [0.717, 1.165) is 4.70 Å². The molecule has 2 aromatic carbocycles. The van der Waals surface area contributed by atoms with E-state index in [1.165, 1.54) is 29.5 Å². The van der Waals surface area contributed by atoms with Gasteiger partial charge in [0.2, 0.25) is 0 Å². The Morgan fingerprint density at radius 2 is 1.71 bits per heavy atom. The van der Waals surface area contributed by atoms with Gasteiger partial charge in [0.1, 0.15) is 11.6 Å². The van der Waals surface area contributed by atoms with E-state index in [1.54, 1.807) is 35.2 Å². The molecule has 1 aromatic heterocycles. The highest BCUT2D eigenvalue weighted by molar-refractivity contribution is 7.20. The van der Waals surface area contributed by atoms with Crippen molar-refractivity contribution in [1.82, 2.24) is 10.2 Å². The molecule has 1 fully saturated rings. The molecule has 1 aliphatic heterocycles. The predicted octanol–water partition coefficient (Wildman–Crippen LogP) is 4.21. The lowest BCUT2D eigenvalue weighted by Gasteiger charge is -2.32. The van der Waals surface area contributed by atoms with Crippen LogP contribution in [0.2, 0.25) is 0 Å². The molecule has 0 unspecified atom stereocenters. The monoisotopic (exact) mass is 400 g/mol. The first kappa shape index (κ1) is 18.6. The van der Waals surface area contributed by atoms with Crippen LogP contribution < -0.4 is 5.32 Å². The molecule has 0 bridgehead atoms. The summed E-state index contributed by atoms with van der Waals surface area (Å²) in [5.74, 6) is -1.44. The van der Waals surface area contributed by atoms with Crippen molar-refractivity contribution in [3.05, 3.63) is 70.6 Å². The third-order valence-electron chi connectivity index (χ3n) is 4.95. The van der Waals surface area contributed by atoms with Crippen LogP contribution in [-0.4, -0.2) is 35.8 Å². The topological polar surface area (TPSA) is 49.4 Å². The second kappa shape index (κ2) is 7.67. The Morgan fingerprint density at radius 1 is 1.00 bits per heavy atom. The zero-order chi connectivity index (χ0) is 19.7. The lowest BCUT2D eigenvalue weighted by Crippen LogP contribution is -2.46. The Labute approximate surface area is 164 Å². The Morgan fingerprint density at radius 3 is 2.43 bits per heavy atom. The van der Waals surface area contributed by atoms with Crippen LogP contribution in [0.5, 0.6) is 0 Å². The van der Waals surface area contributed by atoms with Crippen molar-refractivity contribution in [2.75, 3.05) is 13.1 Å². The van der Waals surface area contributed by atoms with Crippen LogP contribution in [0.3, 0.4) is 0 Å². The van der Waals surface area contributed by atoms with Crippen LogP contribution in [0.4, 0.5) is 8.78 Å². The molecule has 1 aliphatic rings. The zero-order valence-corrected chi connectivity index (χ0v) is 15.8. The molecule has 0 atom stereocenters. The Balaban J connectivity index is 1.37. The first-order chi connectivity index (χ1) is 13.5. The number of thiophene rings is 1. The summed E-state index contributed by atoms with van der Waals surface area (Å²) in [7, 11) is 0. The summed E-state index contributed by atoms with van der Waals surface area (Å²) >= 11 is 1.25.